The van der Waals surface area contributed by atoms with Crippen molar-refractivity contribution in [3.05, 3.63) is 53.7 Å². The highest BCUT2D eigenvalue weighted by Gasteiger charge is 2.45. The summed E-state index contributed by atoms with van der Waals surface area (Å²) in [5, 5.41) is 11.0. The Morgan fingerprint density at radius 3 is 2.96 bits per heavy atom. The first kappa shape index (κ1) is 15.0. The second-order valence-electron chi connectivity index (χ2n) is 6.54. The summed E-state index contributed by atoms with van der Waals surface area (Å²) < 4.78 is 10.6. The number of hydrogen-bond acceptors (Lipinski definition) is 5. The summed E-state index contributed by atoms with van der Waals surface area (Å²) in [7, 11) is 1.51. The van der Waals surface area contributed by atoms with Gasteiger partial charge in [0.15, 0.2) is 11.5 Å². The summed E-state index contributed by atoms with van der Waals surface area (Å²) in [5.41, 5.74) is 4.38. The molecule has 1 saturated heterocycles. The molecule has 130 valence electrons. The van der Waals surface area contributed by atoms with Gasteiger partial charge in [-0.05, 0) is 35.2 Å². The third-order valence-corrected chi connectivity index (χ3v) is 5.19. The molecule has 5 rings (SSSR count). The predicted octanol–water partition coefficient (Wildman–Crippen LogP) is 3.27. The van der Waals surface area contributed by atoms with Gasteiger partial charge in [0.1, 0.15) is 12.5 Å². The molecule has 6 heteroatoms. The van der Waals surface area contributed by atoms with Gasteiger partial charge in [-0.15, -0.1) is 0 Å². The maximum absolute atomic E-state index is 12.5. The van der Waals surface area contributed by atoms with Crippen molar-refractivity contribution < 1.29 is 19.4 Å². The minimum atomic E-state index is -0.467. The van der Waals surface area contributed by atoms with E-state index in [0.717, 1.165) is 33.4 Å². The zero-order valence-corrected chi connectivity index (χ0v) is 14.0. The van der Waals surface area contributed by atoms with Crippen molar-refractivity contribution in [3.63, 3.8) is 0 Å². The number of fused-ring (bicyclic) bond motifs is 4. The molecule has 26 heavy (non-hydrogen) atoms. The number of benzene rings is 2. The smallest absolute Gasteiger partial charge is 0.316 e. The fourth-order valence-electron chi connectivity index (χ4n) is 4.01. The largest absolute Gasteiger partial charge is 0.504 e. The van der Waals surface area contributed by atoms with Gasteiger partial charge < -0.3 is 19.6 Å². The number of hydrogen-bond donors (Lipinski definition) is 2. The molecule has 2 aromatic carbocycles. The van der Waals surface area contributed by atoms with Crippen molar-refractivity contribution in [3.8, 4) is 11.5 Å². The number of nitrogens with zero attached hydrogens (tertiary/aromatic N) is 1. The van der Waals surface area contributed by atoms with E-state index in [1.807, 2.05) is 30.5 Å². The van der Waals surface area contributed by atoms with Crippen LogP contribution in [0.5, 0.6) is 11.5 Å². The summed E-state index contributed by atoms with van der Waals surface area (Å²) in [4.78, 5) is 20.5. The van der Waals surface area contributed by atoms with E-state index in [9.17, 15) is 9.90 Å². The van der Waals surface area contributed by atoms with Gasteiger partial charge in [0, 0.05) is 17.7 Å². The Bertz CT molecular complexity index is 1080. The molecule has 2 N–H and O–H groups in total. The first-order valence-corrected chi connectivity index (χ1v) is 8.38. The number of aliphatic imine (C=N–C) groups is 1. The Balaban J connectivity index is 1.81. The zero-order chi connectivity index (χ0) is 17.8. The number of methoxy groups -OCH3 is 1. The number of ether oxygens (including phenoxy) is 2. The third-order valence-electron chi connectivity index (χ3n) is 5.19. The fraction of sp³-hybridized carbons (Fsp3) is 0.200. The van der Waals surface area contributed by atoms with Crippen molar-refractivity contribution in [2.75, 3.05) is 13.7 Å². The van der Waals surface area contributed by atoms with Crippen LogP contribution in [0, 0.1) is 5.92 Å². The molecule has 0 radical (unpaired) electrons. The van der Waals surface area contributed by atoms with Crippen LogP contribution in [0.15, 0.2) is 47.6 Å². The molecule has 0 amide bonds. The van der Waals surface area contributed by atoms with Crippen molar-refractivity contribution >= 4 is 28.3 Å². The summed E-state index contributed by atoms with van der Waals surface area (Å²) in [6, 6.07) is 11.2. The van der Waals surface area contributed by atoms with Crippen LogP contribution < -0.4 is 4.74 Å². The monoisotopic (exact) mass is 348 g/mol. The summed E-state index contributed by atoms with van der Waals surface area (Å²) in [6.45, 7) is 0.220. The molecule has 0 aliphatic carbocycles. The standard InChI is InChI=1S/C20H16N2O4/c1-25-15-8-11(3-5-14(15)23)16-17-12(4-2-10-6-7-21-19(10)17)22-13-9-26-20(24)18(13)16/h2-8,16,18,21,23H,9H2,1H3. The van der Waals surface area contributed by atoms with Crippen LogP contribution in [0.4, 0.5) is 5.69 Å². The number of aromatic amines is 1. The quantitative estimate of drug-likeness (QED) is 0.696. The Morgan fingerprint density at radius 2 is 2.12 bits per heavy atom. The van der Waals surface area contributed by atoms with E-state index >= 15 is 0 Å². The lowest BCUT2D eigenvalue weighted by Gasteiger charge is -2.28. The topological polar surface area (TPSA) is 83.9 Å². The van der Waals surface area contributed by atoms with Crippen LogP contribution in [0.1, 0.15) is 17.0 Å². The van der Waals surface area contributed by atoms with Crippen molar-refractivity contribution in [2.24, 2.45) is 10.9 Å². The van der Waals surface area contributed by atoms with Gasteiger partial charge in [0.25, 0.3) is 0 Å². The second kappa shape index (κ2) is 5.36. The Hall–Kier alpha value is -3.28. The number of rotatable bonds is 2. The van der Waals surface area contributed by atoms with Gasteiger partial charge >= 0.3 is 5.97 Å². The lowest BCUT2D eigenvalue weighted by molar-refractivity contribution is -0.141. The zero-order valence-electron chi connectivity index (χ0n) is 14.0. The number of carbonyl (C=O) groups excluding carboxylic acids is 1. The Labute approximate surface area is 149 Å². The van der Waals surface area contributed by atoms with Gasteiger partial charge in [0.2, 0.25) is 0 Å². The molecule has 3 heterocycles. The molecule has 2 aliphatic rings. The van der Waals surface area contributed by atoms with Crippen molar-refractivity contribution in [2.45, 2.75) is 5.92 Å². The number of phenols is 1. The lowest BCUT2D eigenvalue weighted by atomic mass is 9.76. The van der Waals surface area contributed by atoms with E-state index in [-0.39, 0.29) is 24.2 Å². The molecule has 1 fully saturated rings. The number of aromatic nitrogens is 1. The molecule has 3 aromatic rings. The minimum absolute atomic E-state index is 0.0632. The summed E-state index contributed by atoms with van der Waals surface area (Å²) in [5.74, 6) is -0.559. The van der Waals surface area contributed by atoms with E-state index in [1.165, 1.54) is 7.11 Å². The van der Waals surface area contributed by atoms with Gasteiger partial charge in [-0.3, -0.25) is 9.79 Å². The molecule has 6 nitrogen and oxygen atoms in total. The molecule has 0 bridgehead atoms. The first-order chi connectivity index (χ1) is 12.7. The maximum atomic E-state index is 12.5. The molecule has 0 spiro atoms. The summed E-state index contributed by atoms with van der Waals surface area (Å²) in [6.07, 6.45) is 1.88. The third kappa shape index (κ3) is 1.98. The maximum Gasteiger partial charge on any atom is 0.316 e. The van der Waals surface area contributed by atoms with E-state index in [2.05, 4.69) is 4.98 Å². The number of H-pyrrole nitrogens is 1. The molecule has 1 aromatic heterocycles. The number of cyclic esters (lactones) is 1. The number of nitrogens with one attached hydrogen (secondary N) is 1. The minimum Gasteiger partial charge on any atom is -0.504 e. The van der Waals surface area contributed by atoms with Crippen molar-refractivity contribution in [1.29, 1.82) is 0 Å². The number of phenolic OH excluding ortho intramolecular Hbond substituents is 1. The highest BCUT2D eigenvalue weighted by atomic mass is 16.5. The SMILES string of the molecule is COc1cc(C2c3c(ccc4cc[nH]c34)N=C3COC(=O)C32)ccc1O. The highest BCUT2D eigenvalue weighted by molar-refractivity contribution is 6.12. The molecular formula is C20H16N2O4. The van der Waals surface area contributed by atoms with Crippen LogP contribution in [-0.4, -0.2) is 35.5 Å². The van der Waals surface area contributed by atoms with Gasteiger partial charge in [0.05, 0.1) is 24.0 Å². The molecule has 2 aliphatic heterocycles. The molecule has 2 atom stereocenters. The molecular weight excluding hydrogens is 332 g/mol. The molecule has 2 unspecified atom stereocenters. The number of esters is 1. The van der Waals surface area contributed by atoms with Gasteiger partial charge in [-0.25, -0.2) is 0 Å². The first-order valence-electron chi connectivity index (χ1n) is 8.38. The summed E-state index contributed by atoms with van der Waals surface area (Å²) >= 11 is 0. The van der Waals surface area contributed by atoms with Crippen LogP contribution in [0.2, 0.25) is 0 Å². The normalized spacial score (nSPS) is 21.1. The highest BCUT2D eigenvalue weighted by Crippen LogP contribution is 2.48. The lowest BCUT2D eigenvalue weighted by Crippen LogP contribution is -2.28. The van der Waals surface area contributed by atoms with Crippen LogP contribution in [-0.2, 0) is 9.53 Å². The van der Waals surface area contributed by atoms with E-state index < -0.39 is 5.92 Å². The van der Waals surface area contributed by atoms with Gasteiger partial charge in [-0.2, -0.15) is 0 Å². The Kier molecular flexibility index (Phi) is 3.09. The van der Waals surface area contributed by atoms with Crippen LogP contribution in [0.25, 0.3) is 10.9 Å². The number of carbonyl (C=O) groups is 1. The average Bonchev–Trinajstić information content (AvgIpc) is 3.27. The average molecular weight is 348 g/mol. The van der Waals surface area contributed by atoms with Crippen molar-refractivity contribution in [1.82, 2.24) is 4.98 Å². The van der Waals surface area contributed by atoms with E-state index in [0.29, 0.717) is 5.75 Å². The Morgan fingerprint density at radius 1 is 1.23 bits per heavy atom. The van der Waals surface area contributed by atoms with E-state index in [4.69, 9.17) is 14.5 Å². The van der Waals surface area contributed by atoms with E-state index in [1.54, 1.807) is 12.1 Å². The van der Waals surface area contributed by atoms with Crippen LogP contribution >= 0.6 is 0 Å². The fourth-order valence-corrected chi connectivity index (χ4v) is 4.01. The number of aromatic hydroxyl groups is 1. The molecule has 0 saturated carbocycles. The predicted molar refractivity (Wildman–Crippen MR) is 96.3 cm³/mol. The van der Waals surface area contributed by atoms with Crippen LogP contribution in [0.3, 0.4) is 0 Å². The second-order valence-corrected chi connectivity index (χ2v) is 6.54. The van der Waals surface area contributed by atoms with Gasteiger partial charge in [-0.1, -0.05) is 12.1 Å².